The fourth-order valence-corrected chi connectivity index (χ4v) is 5.22. The van der Waals surface area contributed by atoms with Crippen LogP contribution in [0.5, 0.6) is 5.75 Å². The lowest BCUT2D eigenvalue weighted by Crippen LogP contribution is -2.38. The van der Waals surface area contributed by atoms with Gasteiger partial charge in [0.15, 0.2) is 0 Å². The average Bonchev–Trinajstić information content (AvgIpc) is 2.74. The third-order valence-electron chi connectivity index (χ3n) is 4.15. The predicted octanol–water partition coefficient (Wildman–Crippen LogP) is 4.90. The molecule has 6 nitrogen and oxygen atoms in total. The molecule has 0 aliphatic carbocycles. The van der Waals surface area contributed by atoms with Crippen LogP contribution in [0.3, 0.4) is 0 Å². The zero-order valence-electron chi connectivity index (χ0n) is 15.9. The lowest BCUT2D eigenvalue weighted by atomic mass is 10.3. The summed E-state index contributed by atoms with van der Waals surface area (Å²) in [5.41, 5.74) is 0.961. The highest BCUT2D eigenvalue weighted by molar-refractivity contribution is 14.1. The van der Waals surface area contributed by atoms with Gasteiger partial charge in [-0.3, -0.25) is 9.10 Å². The number of carbonyl (C=O) groups is 1. The molecule has 0 fully saturated rings. The number of nitrogens with zero attached hydrogens (tertiary/aromatic N) is 1. The molecular weight excluding hydrogens is 583 g/mol. The molecule has 0 saturated heterocycles. The summed E-state index contributed by atoms with van der Waals surface area (Å²) in [7, 11) is -2.70. The van der Waals surface area contributed by atoms with Crippen LogP contribution in [0.4, 0.5) is 11.4 Å². The molecule has 1 amide bonds. The second kappa shape index (κ2) is 9.80. The third kappa shape index (κ3) is 5.32. The number of sulfonamides is 1. The second-order valence-electron chi connectivity index (χ2n) is 6.20. The fourth-order valence-electron chi connectivity index (χ4n) is 2.74. The molecule has 0 bridgehead atoms. The molecular formula is C21H18BrIN2O4S. The predicted molar refractivity (Wildman–Crippen MR) is 129 cm³/mol. The number of hydrogen-bond donors (Lipinski definition) is 1. The first-order chi connectivity index (χ1) is 14.3. The van der Waals surface area contributed by atoms with E-state index in [2.05, 4.69) is 43.8 Å². The number of hydrogen-bond acceptors (Lipinski definition) is 4. The maximum atomic E-state index is 13.5. The summed E-state index contributed by atoms with van der Waals surface area (Å²) in [4.78, 5) is 12.7. The van der Waals surface area contributed by atoms with E-state index >= 15 is 0 Å². The van der Waals surface area contributed by atoms with E-state index in [0.29, 0.717) is 15.8 Å². The number of para-hydroxylation sites is 1. The fraction of sp³-hybridized carbons (Fsp3) is 0.0952. The van der Waals surface area contributed by atoms with E-state index in [1.165, 1.54) is 13.2 Å². The maximum absolute atomic E-state index is 13.5. The van der Waals surface area contributed by atoms with Crippen molar-refractivity contribution in [2.75, 3.05) is 23.3 Å². The molecule has 9 heteroatoms. The Kier molecular flexibility index (Phi) is 7.37. The van der Waals surface area contributed by atoms with Crippen molar-refractivity contribution in [2.45, 2.75) is 4.90 Å². The number of methoxy groups -OCH3 is 1. The highest BCUT2D eigenvalue weighted by Crippen LogP contribution is 2.32. The van der Waals surface area contributed by atoms with E-state index in [-0.39, 0.29) is 10.6 Å². The van der Waals surface area contributed by atoms with Crippen LogP contribution in [0.1, 0.15) is 0 Å². The van der Waals surface area contributed by atoms with Crippen molar-refractivity contribution in [1.29, 1.82) is 0 Å². The standard InChI is InChI=1S/C21H18BrIN2O4S/c1-29-19-12-7-15(22)13-20(19)30(27,28)25(18-5-3-2-4-6-18)14-21(26)24-17-10-8-16(23)9-11-17/h2-13H,14H2,1H3,(H,24,26). The van der Waals surface area contributed by atoms with Crippen LogP contribution < -0.4 is 14.4 Å². The van der Waals surface area contributed by atoms with E-state index in [1.807, 2.05) is 12.1 Å². The molecule has 0 atom stereocenters. The molecule has 156 valence electrons. The Bertz CT molecular complexity index is 1140. The number of carbonyl (C=O) groups excluding carboxylic acids is 1. The first-order valence-electron chi connectivity index (χ1n) is 8.78. The Balaban J connectivity index is 1.98. The van der Waals surface area contributed by atoms with Gasteiger partial charge in [-0.25, -0.2) is 8.42 Å². The maximum Gasteiger partial charge on any atom is 0.268 e. The van der Waals surface area contributed by atoms with Crippen LogP contribution in [0.25, 0.3) is 0 Å². The van der Waals surface area contributed by atoms with Crippen LogP contribution in [-0.4, -0.2) is 28.0 Å². The summed E-state index contributed by atoms with van der Waals surface area (Å²) in [6.45, 7) is -0.395. The Hall–Kier alpha value is -2.11. The molecule has 0 aliphatic rings. The van der Waals surface area contributed by atoms with Crippen molar-refractivity contribution in [3.05, 3.63) is 80.8 Å². The van der Waals surface area contributed by atoms with E-state index in [4.69, 9.17) is 4.74 Å². The molecule has 0 aliphatic heterocycles. The van der Waals surface area contributed by atoms with E-state index in [0.717, 1.165) is 7.88 Å². The third-order valence-corrected chi connectivity index (χ3v) is 7.16. The van der Waals surface area contributed by atoms with Crippen LogP contribution in [-0.2, 0) is 14.8 Å². The van der Waals surface area contributed by atoms with Gasteiger partial charge in [-0.05, 0) is 77.2 Å². The first-order valence-corrected chi connectivity index (χ1v) is 12.1. The van der Waals surface area contributed by atoms with Gasteiger partial charge in [0, 0.05) is 13.7 Å². The van der Waals surface area contributed by atoms with Crippen LogP contribution in [0, 0.1) is 3.57 Å². The van der Waals surface area contributed by atoms with Crippen molar-refractivity contribution in [3.8, 4) is 5.75 Å². The molecule has 0 radical (unpaired) electrons. The van der Waals surface area contributed by atoms with Gasteiger partial charge in [-0.2, -0.15) is 0 Å². The molecule has 0 unspecified atom stereocenters. The van der Waals surface area contributed by atoms with E-state index < -0.39 is 22.5 Å². The molecule has 3 aromatic rings. The van der Waals surface area contributed by atoms with Gasteiger partial charge in [0.1, 0.15) is 17.2 Å². The topological polar surface area (TPSA) is 75.7 Å². The number of amides is 1. The zero-order valence-corrected chi connectivity index (χ0v) is 20.4. The summed E-state index contributed by atoms with van der Waals surface area (Å²) in [6.07, 6.45) is 0. The lowest BCUT2D eigenvalue weighted by Gasteiger charge is -2.25. The summed E-state index contributed by atoms with van der Waals surface area (Å²) < 4.78 is 35.0. The minimum atomic E-state index is -4.10. The van der Waals surface area contributed by atoms with Crippen LogP contribution in [0.15, 0.2) is 82.2 Å². The molecule has 3 aromatic carbocycles. The summed E-state index contributed by atoms with van der Waals surface area (Å²) >= 11 is 5.47. The monoisotopic (exact) mass is 600 g/mol. The zero-order chi connectivity index (χ0) is 21.7. The normalized spacial score (nSPS) is 11.0. The number of anilines is 2. The van der Waals surface area contributed by atoms with Crippen LogP contribution >= 0.6 is 38.5 Å². The van der Waals surface area contributed by atoms with Gasteiger partial charge in [0.25, 0.3) is 10.0 Å². The number of ether oxygens (including phenoxy) is 1. The highest BCUT2D eigenvalue weighted by Gasteiger charge is 2.30. The number of benzene rings is 3. The van der Waals surface area contributed by atoms with Gasteiger partial charge in [0.05, 0.1) is 12.8 Å². The Labute approximate surface area is 197 Å². The summed E-state index contributed by atoms with van der Waals surface area (Å²) in [5.74, 6) is -0.269. The smallest absolute Gasteiger partial charge is 0.268 e. The Morgan fingerprint density at radius 1 is 1.07 bits per heavy atom. The molecule has 3 rings (SSSR count). The molecule has 0 saturated carbocycles. The van der Waals surface area contributed by atoms with Crippen molar-refractivity contribution in [2.24, 2.45) is 0 Å². The Morgan fingerprint density at radius 3 is 2.37 bits per heavy atom. The Morgan fingerprint density at radius 2 is 1.73 bits per heavy atom. The molecule has 1 N–H and O–H groups in total. The second-order valence-corrected chi connectivity index (χ2v) is 10.2. The molecule has 0 heterocycles. The van der Waals surface area contributed by atoms with Gasteiger partial charge in [-0.15, -0.1) is 0 Å². The van der Waals surface area contributed by atoms with Crippen molar-refractivity contribution >= 4 is 65.8 Å². The largest absolute Gasteiger partial charge is 0.495 e. The number of rotatable bonds is 7. The lowest BCUT2D eigenvalue weighted by molar-refractivity contribution is -0.114. The first kappa shape index (κ1) is 22.6. The number of nitrogens with one attached hydrogen (secondary N) is 1. The van der Waals surface area contributed by atoms with E-state index in [1.54, 1.807) is 54.6 Å². The average molecular weight is 601 g/mol. The van der Waals surface area contributed by atoms with Crippen LogP contribution in [0.2, 0.25) is 0 Å². The van der Waals surface area contributed by atoms with Crippen molar-refractivity contribution in [3.63, 3.8) is 0 Å². The minimum Gasteiger partial charge on any atom is -0.495 e. The van der Waals surface area contributed by atoms with Gasteiger partial charge >= 0.3 is 0 Å². The summed E-state index contributed by atoms with van der Waals surface area (Å²) in [6, 6.07) is 20.4. The van der Waals surface area contributed by atoms with Gasteiger partial charge < -0.3 is 10.1 Å². The molecule has 30 heavy (non-hydrogen) atoms. The number of halogens is 2. The summed E-state index contributed by atoms with van der Waals surface area (Å²) in [5, 5.41) is 2.74. The van der Waals surface area contributed by atoms with Crippen molar-refractivity contribution < 1.29 is 17.9 Å². The van der Waals surface area contributed by atoms with Gasteiger partial charge in [-0.1, -0.05) is 34.1 Å². The highest BCUT2D eigenvalue weighted by atomic mass is 127. The van der Waals surface area contributed by atoms with E-state index in [9.17, 15) is 13.2 Å². The van der Waals surface area contributed by atoms with Crippen molar-refractivity contribution in [1.82, 2.24) is 0 Å². The van der Waals surface area contributed by atoms with Gasteiger partial charge in [0.2, 0.25) is 5.91 Å². The molecule has 0 spiro atoms. The SMILES string of the molecule is COc1ccc(Br)cc1S(=O)(=O)N(CC(=O)Nc1ccc(I)cc1)c1ccccc1. The molecule has 0 aromatic heterocycles. The quantitative estimate of drug-likeness (QED) is 0.392. The minimum absolute atomic E-state index is 0.0368.